The van der Waals surface area contributed by atoms with E-state index in [0.717, 1.165) is 75.5 Å². The number of rotatable bonds is 7. The van der Waals surface area contributed by atoms with Crippen molar-refractivity contribution in [2.75, 3.05) is 33.0 Å². The van der Waals surface area contributed by atoms with E-state index in [2.05, 4.69) is 52.9 Å². The quantitative estimate of drug-likeness (QED) is 0.503. The van der Waals surface area contributed by atoms with Crippen molar-refractivity contribution < 1.29 is 14.3 Å². The Bertz CT molecular complexity index is 1230. The second-order valence-electron chi connectivity index (χ2n) is 10.4. The first-order chi connectivity index (χ1) is 17.6. The Hall–Kier alpha value is -3.32. The van der Waals surface area contributed by atoms with E-state index in [1.165, 1.54) is 16.8 Å². The monoisotopic (exact) mass is 486 g/mol. The predicted octanol–water partition coefficient (Wildman–Crippen LogP) is 4.13. The van der Waals surface area contributed by atoms with Crippen LogP contribution < -0.4 is 9.47 Å². The number of ether oxygens (including phenoxy) is 2. The van der Waals surface area contributed by atoms with Crippen LogP contribution in [0.25, 0.3) is 0 Å². The van der Waals surface area contributed by atoms with Gasteiger partial charge in [-0.3, -0.25) is 14.4 Å². The summed E-state index contributed by atoms with van der Waals surface area (Å²) in [6.07, 6.45) is 4.07. The minimum absolute atomic E-state index is 0.103. The average Bonchev–Trinajstić information content (AvgIpc) is 3.65. The van der Waals surface area contributed by atoms with Gasteiger partial charge in [0.1, 0.15) is 0 Å². The summed E-state index contributed by atoms with van der Waals surface area (Å²) in [5.74, 6) is 2.26. The Morgan fingerprint density at radius 2 is 1.81 bits per heavy atom. The molecule has 36 heavy (non-hydrogen) atoms. The molecule has 1 amide bonds. The first kappa shape index (κ1) is 23.1. The molecule has 1 saturated heterocycles. The average molecular weight is 487 g/mol. The molecule has 0 unspecified atom stereocenters. The third-order valence-corrected chi connectivity index (χ3v) is 7.58. The van der Waals surface area contributed by atoms with Gasteiger partial charge in [-0.1, -0.05) is 43.3 Å². The van der Waals surface area contributed by atoms with Gasteiger partial charge in [0, 0.05) is 50.4 Å². The van der Waals surface area contributed by atoms with Crippen LogP contribution in [0.5, 0.6) is 11.5 Å². The Balaban J connectivity index is 1.19. The van der Waals surface area contributed by atoms with Crippen molar-refractivity contribution in [3.63, 3.8) is 0 Å². The Morgan fingerprint density at radius 3 is 2.64 bits per heavy atom. The summed E-state index contributed by atoms with van der Waals surface area (Å²) < 4.78 is 13.1. The molecule has 3 aliphatic rings. The molecule has 0 bridgehead atoms. The molecular formula is C29H34N4O3. The number of carbonyl (C=O) groups excluding carboxylic acids is 1. The Kier molecular flexibility index (Phi) is 6.40. The van der Waals surface area contributed by atoms with Crippen molar-refractivity contribution in [3.8, 4) is 11.5 Å². The fourth-order valence-electron chi connectivity index (χ4n) is 5.81. The summed E-state index contributed by atoms with van der Waals surface area (Å²) >= 11 is 0. The van der Waals surface area contributed by atoms with Crippen molar-refractivity contribution in [2.24, 2.45) is 5.92 Å². The molecule has 188 valence electrons. The third kappa shape index (κ3) is 4.72. The van der Waals surface area contributed by atoms with Gasteiger partial charge in [-0.25, -0.2) is 0 Å². The van der Waals surface area contributed by atoms with E-state index in [1.807, 2.05) is 17.0 Å². The predicted molar refractivity (Wildman–Crippen MR) is 137 cm³/mol. The minimum Gasteiger partial charge on any atom is -0.454 e. The van der Waals surface area contributed by atoms with E-state index in [4.69, 9.17) is 14.6 Å². The molecule has 3 aromatic rings. The standard InChI is InChI=1S/C29H34N4O3/c1-21(15-23-9-10-26-27(16-23)36-20-35-26)17-31-14-11-25-24(19-31)28(29(34)32-12-5-6-13-32)30-33(25)18-22-7-3-2-4-8-22/h2-4,7-10,16,21H,5-6,11-15,17-20H2,1H3/t21-/m1/s1. The SMILES string of the molecule is C[C@H](Cc1ccc2c(c1)OCO2)CN1CCc2c(c(C(=O)N3CCCC3)nn2Cc2ccccc2)C1. The summed E-state index contributed by atoms with van der Waals surface area (Å²) in [7, 11) is 0. The zero-order chi connectivity index (χ0) is 24.5. The van der Waals surface area contributed by atoms with Crippen LogP contribution in [0.1, 0.15) is 52.6 Å². The van der Waals surface area contributed by atoms with Crippen LogP contribution in [-0.2, 0) is 25.9 Å². The first-order valence-corrected chi connectivity index (χ1v) is 13.2. The van der Waals surface area contributed by atoms with Gasteiger partial charge in [-0.2, -0.15) is 5.10 Å². The van der Waals surface area contributed by atoms with Crippen LogP contribution in [0.15, 0.2) is 48.5 Å². The number of benzene rings is 2. The highest BCUT2D eigenvalue weighted by molar-refractivity contribution is 5.94. The molecule has 4 heterocycles. The molecule has 1 aromatic heterocycles. The minimum atomic E-state index is 0.103. The van der Waals surface area contributed by atoms with Crippen molar-refractivity contribution in [2.45, 2.75) is 45.7 Å². The van der Waals surface area contributed by atoms with Gasteiger partial charge < -0.3 is 14.4 Å². The number of amides is 1. The van der Waals surface area contributed by atoms with Gasteiger partial charge >= 0.3 is 0 Å². The summed E-state index contributed by atoms with van der Waals surface area (Å²) in [5, 5.41) is 4.92. The molecule has 1 atom stereocenters. The summed E-state index contributed by atoms with van der Waals surface area (Å²) in [5.41, 5.74) is 5.49. The fourth-order valence-corrected chi connectivity index (χ4v) is 5.81. The number of likely N-dealkylation sites (tertiary alicyclic amines) is 1. The van der Waals surface area contributed by atoms with Crippen molar-refractivity contribution in [3.05, 3.63) is 76.6 Å². The van der Waals surface area contributed by atoms with Gasteiger partial charge in [0.15, 0.2) is 17.2 Å². The smallest absolute Gasteiger partial charge is 0.274 e. The fraction of sp³-hybridized carbons (Fsp3) is 0.448. The zero-order valence-electron chi connectivity index (χ0n) is 21.0. The number of nitrogens with zero attached hydrogens (tertiary/aromatic N) is 4. The normalized spacial score (nSPS) is 17.9. The molecular weight excluding hydrogens is 452 g/mol. The maximum absolute atomic E-state index is 13.5. The number of hydrogen-bond acceptors (Lipinski definition) is 5. The van der Waals surface area contributed by atoms with E-state index in [1.54, 1.807) is 0 Å². The lowest BCUT2D eigenvalue weighted by Crippen LogP contribution is -2.36. The lowest BCUT2D eigenvalue weighted by molar-refractivity contribution is 0.0783. The molecule has 0 spiro atoms. The second kappa shape index (κ2) is 9.97. The van der Waals surface area contributed by atoms with Gasteiger partial charge in [0.2, 0.25) is 6.79 Å². The van der Waals surface area contributed by atoms with Crippen molar-refractivity contribution >= 4 is 5.91 Å². The largest absolute Gasteiger partial charge is 0.454 e. The van der Waals surface area contributed by atoms with E-state index in [0.29, 0.717) is 24.9 Å². The number of carbonyl (C=O) groups is 1. The van der Waals surface area contributed by atoms with E-state index < -0.39 is 0 Å². The highest BCUT2D eigenvalue weighted by Gasteiger charge is 2.31. The van der Waals surface area contributed by atoms with Crippen molar-refractivity contribution in [1.29, 1.82) is 0 Å². The summed E-state index contributed by atoms with van der Waals surface area (Å²) in [4.78, 5) is 17.9. The van der Waals surface area contributed by atoms with Crippen LogP contribution in [0.3, 0.4) is 0 Å². The third-order valence-electron chi connectivity index (χ3n) is 7.58. The molecule has 7 nitrogen and oxygen atoms in total. The maximum atomic E-state index is 13.5. The molecule has 0 N–H and O–H groups in total. The van der Waals surface area contributed by atoms with Crippen LogP contribution in [0.2, 0.25) is 0 Å². The van der Waals surface area contributed by atoms with E-state index in [9.17, 15) is 4.79 Å². The zero-order valence-corrected chi connectivity index (χ0v) is 21.0. The summed E-state index contributed by atoms with van der Waals surface area (Å²) in [6.45, 7) is 7.74. The topological polar surface area (TPSA) is 59.8 Å². The first-order valence-electron chi connectivity index (χ1n) is 13.2. The molecule has 0 radical (unpaired) electrons. The Labute approximate surface area is 212 Å². The van der Waals surface area contributed by atoms with Crippen LogP contribution >= 0.6 is 0 Å². The van der Waals surface area contributed by atoms with E-state index in [-0.39, 0.29) is 5.91 Å². The number of hydrogen-bond donors (Lipinski definition) is 0. The van der Waals surface area contributed by atoms with Crippen LogP contribution in [-0.4, -0.2) is 58.5 Å². The van der Waals surface area contributed by atoms with E-state index >= 15 is 0 Å². The number of aromatic nitrogens is 2. The lowest BCUT2D eigenvalue weighted by atomic mass is 9.98. The molecule has 0 saturated carbocycles. The molecule has 6 rings (SSSR count). The molecule has 3 aliphatic heterocycles. The van der Waals surface area contributed by atoms with Gasteiger partial charge in [-0.05, 0) is 48.4 Å². The van der Waals surface area contributed by atoms with Crippen LogP contribution in [0.4, 0.5) is 0 Å². The molecule has 1 fully saturated rings. The highest BCUT2D eigenvalue weighted by atomic mass is 16.7. The molecule has 2 aromatic carbocycles. The maximum Gasteiger partial charge on any atom is 0.274 e. The Morgan fingerprint density at radius 1 is 1.00 bits per heavy atom. The van der Waals surface area contributed by atoms with Gasteiger partial charge in [0.05, 0.1) is 6.54 Å². The van der Waals surface area contributed by atoms with Gasteiger partial charge in [0.25, 0.3) is 5.91 Å². The second-order valence-corrected chi connectivity index (χ2v) is 10.4. The number of fused-ring (bicyclic) bond motifs is 2. The summed E-state index contributed by atoms with van der Waals surface area (Å²) in [6, 6.07) is 16.7. The lowest BCUT2D eigenvalue weighted by Gasteiger charge is -2.30. The van der Waals surface area contributed by atoms with Gasteiger partial charge in [-0.15, -0.1) is 0 Å². The highest BCUT2D eigenvalue weighted by Crippen LogP contribution is 2.33. The molecule has 7 heteroatoms. The van der Waals surface area contributed by atoms with Crippen LogP contribution in [0, 0.1) is 5.92 Å². The molecule has 0 aliphatic carbocycles. The van der Waals surface area contributed by atoms with Crippen molar-refractivity contribution in [1.82, 2.24) is 19.6 Å².